The van der Waals surface area contributed by atoms with Gasteiger partial charge in [0.1, 0.15) is 0 Å². The summed E-state index contributed by atoms with van der Waals surface area (Å²) in [6, 6.07) is 1.99. The van der Waals surface area contributed by atoms with E-state index in [-0.39, 0.29) is 16.5 Å². The third-order valence-electron chi connectivity index (χ3n) is 2.69. The van der Waals surface area contributed by atoms with Crippen molar-refractivity contribution in [2.75, 3.05) is 18.4 Å². The van der Waals surface area contributed by atoms with Crippen LogP contribution in [0.4, 0.5) is 11.5 Å². The number of hydrogen-bond donors (Lipinski definition) is 2. The molecule has 0 aliphatic heterocycles. The van der Waals surface area contributed by atoms with Gasteiger partial charge in [-0.1, -0.05) is 11.6 Å². The molecule has 1 heterocycles. The lowest BCUT2D eigenvalue weighted by atomic mass is 10.3. The van der Waals surface area contributed by atoms with Crippen LogP contribution in [-0.4, -0.2) is 29.0 Å². The number of halogens is 1. The summed E-state index contributed by atoms with van der Waals surface area (Å²) in [5.74, 6) is 0.274. The topological polar surface area (TPSA) is 80.1 Å². The molecule has 1 aromatic heterocycles. The quantitative estimate of drug-likeness (QED) is 0.451. The van der Waals surface area contributed by atoms with Crippen LogP contribution in [0.25, 0.3) is 0 Å². The van der Waals surface area contributed by atoms with E-state index >= 15 is 0 Å². The molecule has 0 radical (unpaired) electrons. The highest BCUT2D eigenvalue weighted by molar-refractivity contribution is 6.30. The Bertz CT molecular complexity index is 437. The first-order chi connectivity index (χ1) is 8.66. The van der Waals surface area contributed by atoms with Crippen LogP contribution in [0.2, 0.25) is 5.02 Å². The van der Waals surface area contributed by atoms with Crippen molar-refractivity contribution < 1.29 is 4.92 Å². The molecule has 2 rings (SSSR count). The Kier molecular flexibility index (Phi) is 4.33. The van der Waals surface area contributed by atoms with Crippen molar-refractivity contribution in [3.63, 3.8) is 0 Å². The fourth-order valence-electron chi connectivity index (χ4n) is 1.59. The van der Waals surface area contributed by atoms with Crippen LogP contribution in [0, 0.1) is 10.1 Å². The molecule has 0 bridgehead atoms. The minimum absolute atomic E-state index is 0.0855. The van der Waals surface area contributed by atoms with Crippen molar-refractivity contribution in [2.24, 2.45) is 0 Å². The first-order valence-corrected chi connectivity index (χ1v) is 6.32. The zero-order valence-corrected chi connectivity index (χ0v) is 10.6. The number of anilines is 1. The molecule has 1 aromatic rings. The minimum Gasteiger partial charge on any atom is -0.364 e. The monoisotopic (exact) mass is 270 g/mol. The van der Waals surface area contributed by atoms with E-state index in [2.05, 4.69) is 15.6 Å². The maximum atomic E-state index is 10.8. The fourth-order valence-corrected chi connectivity index (χ4v) is 1.74. The summed E-state index contributed by atoms with van der Waals surface area (Å²) >= 11 is 5.68. The van der Waals surface area contributed by atoms with Crippen LogP contribution in [0.3, 0.4) is 0 Å². The van der Waals surface area contributed by atoms with Gasteiger partial charge in [-0.05, 0) is 25.8 Å². The zero-order valence-electron chi connectivity index (χ0n) is 9.86. The van der Waals surface area contributed by atoms with Gasteiger partial charge in [0.25, 0.3) is 0 Å². The second-order valence-electron chi connectivity index (χ2n) is 4.29. The number of rotatable bonds is 7. The largest absolute Gasteiger partial charge is 0.364 e. The van der Waals surface area contributed by atoms with Crippen molar-refractivity contribution in [2.45, 2.75) is 25.3 Å². The van der Waals surface area contributed by atoms with Gasteiger partial charge < -0.3 is 10.6 Å². The van der Waals surface area contributed by atoms with Gasteiger partial charge >= 0.3 is 5.69 Å². The van der Waals surface area contributed by atoms with E-state index in [0.29, 0.717) is 12.6 Å². The third-order valence-corrected chi connectivity index (χ3v) is 2.89. The number of nitro groups is 1. The van der Waals surface area contributed by atoms with E-state index in [1.165, 1.54) is 25.1 Å². The van der Waals surface area contributed by atoms with Crippen molar-refractivity contribution in [3.8, 4) is 0 Å². The van der Waals surface area contributed by atoms with E-state index in [1.807, 2.05) is 0 Å². The molecule has 0 spiro atoms. The Balaban J connectivity index is 1.81. The smallest absolute Gasteiger partial charge is 0.312 e. The normalized spacial score (nSPS) is 14.5. The van der Waals surface area contributed by atoms with Gasteiger partial charge in [0, 0.05) is 24.8 Å². The second-order valence-corrected chi connectivity index (χ2v) is 4.72. The van der Waals surface area contributed by atoms with Crippen LogP contribution in [0.1, 0.15) is 19.3 Å². The lowest BCUT2D eigenvalue weighted by Gasteiger charge is -2.06. The first kappa shape index (κ1) is 13.0. The van der Waals surface area contributed by atoms with Gasteiger partial charge in [-0.25, -0.2) is 4.98 Å². The maximum absolute atomic E-state index is 10.8. The van der Waals surface area contributed by atoms with Gasteiger partial charge in [0.15, 0.2) is 0 Å². The highest BCUT2D eigenvalue weighted by atomic mass is 35.5. The summed E-state index contributed by atoms with van der Waals surface area (Å²) in [7, 11) is 0. The Morgan fingerprint density at radius 1 is 1.50 bits per heavy atom. The SMILES string of the molecule is O=[N+]([O-])c1cc(Cl)cnc1NCCCNC1CC1. The zero-order chi connectivity index (χ0) is 13.0. The number of nitrogens with zero attached hydrogens (tertiary/aromatic N) is 2. The molecule has 6 nitrogen and oxygen atoms in total. The number of aromatic nitrogens is 1. The standard InChI is InChI=1S/C11H15ClN4O2/c12-8-6-10(16(17)18)11(15-7-8)14-5-1-4-13-9-2-3-9/h6-7,9,13H,1-5H2,(H,14,15). The number of pyridine rings is 1. The summed E-state index contributed by atoms with van der Waals surface area (Å²) in [6.07, 6.45) is 4.83. The molecule has 18 heavy (non-hydrogen) atoms. The summed E-state index contributed by atoms with van der Waals surface area (Å²) in [4.78, 5) is 14.3. The lowest BCUT2D eigenvalue weighted by Crippen LogP contribution is -2.20. The molecule has 1 aliphatic rings. The summed E-state index contributed by atoms with van der Waals surface area (Å²) < 4.78 is 0. The van der Waals surface area contributed by atoms with Crippen LogP contribution < -0.4 is 10.6 Å². The highest BCUT2D eigenvalue weighted by Gasteiger charge is 2.19. The van der Waals surface area contributed by atoms with Crippen molar-refractivity contribution >= 4 is 23.1 Å². The first-order valence-electron chi connectivity index (χ1n) is 5.94. The van der Waals surface area contributed by atoms with Gasteiger partial charge in [0.05, 0.1) is 9.95 Å². The molecule has 1 fully saturated rings. The molecule has 0 unspecified atom stereocenters. The second kappa shape index (κ2) is 5.97. The van der Waals surface area contributed by atoms with Gasteiger partial charge in [-0.3, -0.25) is 10.1 Å². The van der Waals surface area contributed by atoms with Crippen molar-refractivity contribution in [3.05, 3.63) is 27.4 Å². The number of nitrogens with one attached hydrogen (secondary N) is 2. The van der Waals surface area contributed by atoms with Gasteiger partial charge in [-0.2, -0.15) is 0 Å². The summed E-state index contributed by atoms with van der Waals surface area (Å²) in [5.41, 5.74) is -0.0855. The Hall–Kier alpha value is -1.40. The van der Waals surface area contributed by atoms with E-state index in [0.717, 1.165) is 13.0 Å². The Labute approximate surface area is 110 Å². The summed E-state index contributed by atoms with van der Waals surface area (Å²) in [6.45, 7) is 1.56. The lowest BCUT2D eigenvalue weighted by molar-refractivity contribution is -0.384. The minimum atomic E-state index is -0.482. The van der Waals surface area contributed by atoms with Crippen LogP contribution in [-0.2, 0) is 0 Å². The van der Waals surface area contributed by atoms with Gasteiger partial charge in [0.2, 0.25) is 5.82 Å². The number of hydrogen-bond acceptors (Lipinski definition) is 5. The average molecular weight is 271 g/mol. The average Bonchev–Trinajstić information content (AvgIpc) is 3.14. The predicted molar refractivity (Wildman–Crippen MR) is 70.0 cm³/mol. The fraction of sp³-hybridized carbons (Fsp3) is 0.545. The molecule has 1 aliphatic carbocycles. The van der Waals surface area contributed by atoms with Crippen LogP contribution in [0.5, 0.6) is 0 Å². The van der Waals surface area contributed by atoms with E-state index in [1.54, 1.807) is 0 Å². The maximum Gasteiger partial charge on any atom is 0.312 e. The molecule has 7 heteroatoms. The van der Waals surface area contributed by atoms with Crippen LogP contribution >= 0.6 is 11.6 Å². The summed E-state index contributed by atoms with van der Waals surface area (Å²) in [5, 5.41) is 17.4. The Morgan fingerprint density at radius 3 is 2.94 bits per heavy atom. The molecule has 1 saturated carbocycles. The predicted octanol–water partition coefficient (Wildman–Crippen LogP) is 2.20. The molecule has 98 valence electrons. The van der Waals surface area contributed by atoms with Crippen molar-refractivity contribution in [1.29, 1.82) is 0 Å². The molecule has 2 N–H and O–H groups in total. The van der Waals surface area contributed by atoms with E-state index in [4.69, 9.17) is 11.6 Å². The Morgan fingerprint density at radius 2 is 2.28 bits per heavy atom. The highest BCUT2D eigenvalue weighted by Crippen LogP contribution is 2.24. The molecular weight excluding hydrogens is 256 g/mol. The van der Waals surface area contributed by atoms with E-state index < -0.39 is 4.92 Å². The third kappa shape index (κ3) is 3.82. The molecule has 0 amide bonds. The van der Waals surface area contributed by atoms with Gasteiger partial charge in [-0.15, -0.1) is 0 Å². The molecule has 0 aromatic carbocycles. The molecule has 0 atom stereocenters. The van der Waals surface area contributed by atoms with E-state index in [9.17, 15) is 10.1 Å². The van der Waals surface area contributed by atoms with Crippen LogP contribution in [0.15, 0.2) is 12.3 Å². The molecule has 0 saturated heterocycles. The molecular formula is C11H15ClN4O2. The van der Waals surface area contributed by atoms with Crippen molar-refractivity contribution in [1.82, 2.24) is 10.3 Å².